The minimum absolute atomic E-state index is 0.238. The van der Waals surface area contributed by atoms with Gasteiger partial charge in [0.25, 0.3) is 0 Å². The molecular weight excluding hydrogens is 462 g/mol. The van der Waals surface area contributed by atoms with Crippen LogP contribution in [-0.4, -0.2) is 44.5 Å². The van der Waals surface area contributed by atoms with Gasteiger partial charge in [-0.3, -0.25) is 4.72 Å². The molecule has 0 saturated heterocycles. The zero-order valence-electron chi connectivity index (χ0n) is 18.4. The number of aromatic nitrogens is 1. The molecule has 1 aromatic heterocycles. The molecule has 4 N–H and O–H groups in total. The molecule has 9 heteroatoms. The van der Waals surface area contributed by atoms with Gasteiger partial charge >= 0.3 is 0 Å². The number of benzene rings is 3. The van der Waals surface area contributed by atoms with Crippen LogP contribution in [0.25, 0.3) is 21.8 Å². The predicted octanol–water partition coefficient (Wildman–Crippen LogP) is 4.36. The van der Waals surface area contributed by atoms with E-state index in [9.17, 15) is 13.5 Å². The first-order valence-corrected chi connectivity index (χ1v) is 12.8. The van der Waals surface area contributed by atoms with Crippen molar-refractivity contribution in [1.29, 1.82) is 0 Å². The summed E-state index contributed by atoms with van der Waals surface area (Å²) in [6.07, 6.45) is 0.221. The van der Waals surface area contributed by atoms with Crippen molar-refractivity contribution >= 4 is 49.1 Å². The molecule has 0 amide bonds. The van der Waals surface area contributed by atoms with Gasteiger partial charge in [-0.1, -0.05) is 29.8 Å². The lowest BCUT2D eigenvalue weighted by atomic mass is 10.1. The molecule has 0 bridgehead atoms. The van der Waals surface area contributed by atoms with E-state index in [0.29, 0.717) is 18.7 Å². The van der Waals surface area contributed by atoms with Crippen LogP contribution in [0.2, 0.25) is 5.02 Å². The summed E-state index contributed by atoms with van der Waals surface area (Å²) in [6.45, 7) is 3.31. The Kier molecular flexibility index (Phi) is 6.81. The molecule has 7 nitrogen and oxygen atoms in total. The number of hydrogen-bond donors (Lipinski definition) is 4. The molecule has 1 atom stereocenters. The minimum atomic E-state index is -3.47. The van der Waals surface area contributed by atoms with E-state index in [1.807, 2.05) is 12.1 Å². The molecule has 4 rings (SSSR count). The van der Waals surface area contributed by atoms with Crippen LogP contribution >= 0.6 is 11.6 Å². The van der Waals surface area contributed by atoms with Crippen molar-refractivity contribution in [2.24, 2.45) is 0 Å². The summed E-state index contributed by atoms with van der Waals surface area (Å²) in [5.74, 6) is 0.766. The Morgan fingerprint density at radius 2 is 1.79 bits per heavy atom. The number of sulfonamides is 1. The number of rotatable bonds is 9. The SMILES string of the molecule is Cc1ccc2c(c1)[nH]c1cc(OCCNC[C@@H](O)c3ccc(Cl)c(NS(C)(=O)=O)c3)ccc12. The van der Waals surface area contributed by atoms with Crippen LogP contribution in [0, 0.1) is 6.92 Å². The second-order valence-corrected chi connectivity index (χ2v) is 10.2. The highest BCUT2D eigenvalue weighted by atomic mass is 35.5. The molecule has 0 aliphatic heterocycles. The average Bonchev–Trinajstić information content (AvgIpc) is 3.10. The Morgan fingerprint density at radius 3 is 2.55 bits per heavy atom. The number of halogens is 1. The fourth-order valence-corrected chi connectivity index (χ4v) is 4.51. The third-order valence-corrected chi connectivity index (χ3v) is 6.20. The molecule has 0 fully saturated rings. The van der Waals surface area contributed by atoms with Gasteiger partial charge in [-0.25, -0.2) is 8.42 Å². The summed E-state index contributed by atoms with van der Waals surface area (Å²) >= 11 is 6.03. The first kappa shape index (κ1) is 23.4. The van der Waals surface area contributed by atoms with Crippen LogP contribution in [0.15, 0.2) is 54.6 Å². The summed E-state index contributed by atoms with van der Waals surface area (Å²) in [4.78, 5) is 3.44. The maximum atomic E-state index is 11.5. The van der Waals surface area contributed by atoms with Crippen LogP contribution in [0.5, 0.6) is 5.75 Å². The van der Waals surface area contributed by atoms with Gasteiger partial charge in [0, 0.05) is 35.4 Å². The van der Waals surface area contributed by atoms with Crippen molar-refractivity contribution in [2.75, 3.05) is 30.7 Å². The van der Waals surface area contributed by atoms with Crippen LogP contribution in [0.4, 0.5) is 5.69 Å². The Morgan fingerprint density at radius 1 is 1.06 bits per heavy atom. The second kappa shape index (κ2) is 9.61. The van der Waals surface area contributed by atoms with E-state index in [2.05, 4.69) is 46.2 Å². The molecule has 3 aromatic carbocycles. The number of aromatic amines is 1. The maximum Gasteiger partial charge on any atom is 0.229 e. The third kappa shape index (κ3) is 5.78. The molecule has 0 unspecified atom stereocenters. The predicted molar refractivity (Wildman–Crippen MR) is 134 cm³/mol. The molecular formula is C24H26ClN3O4S. The summed E-state index contributed by atoms with van der Waals surface area (Å²) in [6, 6.07) is 17.1. The number of aryl methyl sites for hydroxylation is 1. The lowest BCUT2D eigenvalue weighted by Gasteiger charge is -2.15. The van der Waals surface area contributed by atoms with Gasteiger partial charge in [-0.05, 0) is 48.4 Å². The first-order valence-electron chi connectivity index (χ1n) is 10.5. The molecule has 4 aromatic rings. The number of hydrogen-bond acceptors (Lipinski definition) is 5. The van der Waals surface area contributed by atoms with Crippen LogP contribution < -0.4 is 14.8 Å². The molecule has 0 spiro atoms. The van der Waals surface area contributed by atoms with Crippen molar-refractivity contribution in [3.63, 3.8) is 0 Å². The monoisotopic (exact) mass is 487 g/mol. The number of aliphatic hydroxyl groups excluding tert-OH is 1. The van der Waals surface area contributed by atoms with Gasteiger partial charge in [0.2, 0.25) is 10.0 Å². The number of ether oxygens (including phenoxy) is 1. The lowest BCUT2D eigenvalue weighted by molar-refractivity contribution is 0.172. The third-order valence-electron chi connectivity index (χ3n) is 5.28. The van der Waals surface area contributed by atoms with E-state index < -0.39 is 16.1 Å². The highest BCUT2D eigenvalue weighted by Gasteiger charge is 2.12. The smallest absolute Gasteiger partial charge is 0.229 e. The van der Waals surface area contributed by atoms with Gasteiger partial charge in [0.1, 0.15) is 12.4 Å². The zero-order valence-corrected chi connectivity index (χ0v) is 19.9. The first-order chi connectivity index (χ1) is 15.7. The van der Waals surface area contributed by atoms with Crippen LogP contribution in [0.3, 0.4) is 0 Å². The van der Waals surface area contributed by atoms with Crippen LogP contribution in [0.1, 0.15) is 17.2 Å². The minimum Gasteiger partial charge on any atom is -0.492 e. The molecule has 0 aliphatic carbocycles. The second-order valence-electron chi connectivity index (χ2n) is 8.06. The number of H-pyrrole nitrogens is 1. The Hall–Kier alpha value is -2.78. The molecule has 0 aliphatic rings. The molecule has 33 heavy (non-hydrogen) atoms. The fourth-order valence-electron chi connectivity index (χ4n) is 3.72. The molecule has 174 valence electrons. The van der Waals surface area contributed by atoms with Gasteiger partial charge in [0.15, 0.2) is 0 Å². The molecule has 1 heterocycles. The van der Waals surface area contributed by atoms with Crippen molar-refractivity contribution in [2.45, 2.75) is 13.0 Å². The van der Waals surface area contributed by atoms with Crippen molar-refractivity contribution < 1.29 is 18.3 Å². The molecule has 0 radical (unpaired) electrons. The van der Waals surface area contributed by atoms with Gasteiger partial charge in [-0.2, -0.15) is 0 Å². The summed E-state index contributed by atoms with van der Waals surface area (Å²) in [7, 11) is -3.47. The zero-order chi connectivity index (χ0) is 23.6. The Bertz CT molecular complexity index is 1400. The van der Waals surface area contributed by atoms with E-state index in [1.165, 1.54) is 17.0 Å². The Labute approximate surface area is 197 Å². The van der Waals surface area contributed by atoms with Gasteiger partial charge in [0.05, 0.1) is 28.6 Å². The highest BCUT2D eigenvalue weighted by Crippen LogP contribution is 2.29. The van der Waals surface area contributed by atoms with Gasteiger partial charge < -0.3 is 20.1 Å². The van der Waals surface area contributed by atoms with Crippen molar-refractivity contribution in [1.82, 2.24) is 10.3 Å². The number of aliphatic hydroxyl groups is 1. The number of fused-ring (bicyclic) bond motifs is 3. The van der Waals surface area contributed by atoms with Crippen LogP contribution in [-0.2, 0) is 10.0 Å². The lowest BCUT2D eigenvalue weighted by Crippen LogP contribution is -2.26. The van der Waals surface area contributed by atoms with E-state index in [1.54, 1.807) is 12.1 Å². The average molecular weight is 488 g/mol. The standard InChI is InChI=1S/C24H26ClN3O4S/c1-15-3-6-18-19-7-5-17(13-22(19)27-21(18)11-15)32-10-9-26-14-24(29)16-4-8-20(25)23(12-16)28-33(2,30)31/h3-8,11-13,24,26-29H,9-10,14H2,1-2H3/t24-/m1/s1. The van der Waals surface area contributed by atoms with Crippen molar-refractivity contribution in [3.8, 4) is 5.75 Å². The van der Waals surface area contributed by atoms with E-state index in [0.717, 1.165) is 28.4 Å². The topological polar surface area (TPSA) is 103 Å². The van der Waals surface area contributed by atoms with E-state index in [4.69, 9.17) is 16.3 Å². The number of anilines is 1. The van der Waals surface area contributed by atoms with E-state index >= 15 is 0 Å². The maximum absolute atomic E-state index is 11.5. The Balaban J connectivity index is 1.30. The molecule has 0 saturated carbocycles. The summed E-state index contributed by atoms with van der Waals surface area (Å²) < 4.78 is 31.1. The quantitative estimate of drug-likeness (QED) is 0.263. The van der Waals surface area contributed by atoms with Crippen molar-refractivity contribution in [3.05, 3.63) is 70.7 Å². The largest absolute Gasteiger partial charge is 0.492 e. The number of nitrogens with one attached hydrogen (secondary N) is 3. The van der Waals surface area contributed by atoms with E-state index in [-0.39, 0.29) is 17.3 Å². The summed E-state index contributed by atoms with van der Waals surface area (Å²) in [5.41, 5.74) is 4.13. The highest BCUT2D eigenvalue weighted by molar-refractivity contribution is 7.92. The summed E-state index contributed by atoms with van der Waals surface area (Å²) in [5, 5.41) is 16.2. The fraction of sp³-hybridized carbons (Fsp3) is 0.250. The normalized spacial score (nSPS) is 12.8. The van der Waals surface area contributed by atoms with Gasteiger partial charge in [-0.15, -0.1) is 0 Å².